The third kappa shape index (κ3) is 2.26. The van der Waals surface area contributed by atoms with Crippen molar-refractivity contribution in [2.45, 2.75) is 32.1 Å². The van der Waals surface area contributed by atoms with Crippen molar-refractivity contribution in [2.75, 3.05) is 11.5 Å². The molecule has 1 saturated heterocycles. The molecule has 0 radical (unpaired) electrons. The summed E-state index contributed by atoms with van der Waals surface area (Å²) in [5, 5.41) is 4.06. The van der Waals surface area contributed by atoms with E-state index in [1.54, 1.807) is 0 Å². The number of rotatable bonds is 3. The average Bonchev–Trinajstić information content (AvgIpc) is 2.91. The van der Waals surface area contributed by atoms with Crippen LogP contribution in [-0.2, 0) is 16.3 Å². The van der Waals surface area contributed by atoms with E-state index in [9.17, 15) is 8.42 Å². The second kappa shape index (κ2) is 4.65. The first-order valence-electron chi connectivity index (χ1n) is 7.62. The molecular weight excluding hydrogens is 300 g/mol. The quantitative estimate of drug-likeness (QED) is 0.869. The summed E-state index contributed by atoms with van der Waals surface area (Å²) in [5.41, 5.74) is 2.23. The highest BCUT2D eigenvalue weighted by Gasteiger charge is 2.57. The van der Waals surface area contributed by atoms with E-state index in [0.717, 1.165) is 24.8 Å². The van der Waals surface area contributed by atoms with Crippen LogP contribution in [0, 0.1) is 5.41 Å². The lowest BCUT2D eigenvalue weighted by molar-refractivity contribution is 0.114. The van der Waals surface area contributed by atoms with Gasteiger partial charge in [-0.3, -0.25) is 0 Å². The molecule has 4 rings (SSSR count). The van der Waals surface area contributed by atoms with Crippen molar-refractivity contribution in [1.29, 1.82) is 0 Å². The Morgan fingerprint density at radius 1 is 1.23 bits per heavy atom. The highest BCUT2D eigenvalue weighted by molar-refractivity contribution is 7.92. The summed E-state index contributed by atoms with van der Waals surface area (Å²) in [5.74, 6) is 2.13. The van der Waals surface area contributed by atoms with E-state index in [1.807, 2.05) is 12.1 Å². The normalized spacial score (nSPS) is 22.2. The fourth-order valence-corrected chi connectivity index (χ4v) is 5.95. The maximum Gasteiger partial charge on any atom is 0.230 e. The standard InChI is InChI=1S/C16H18N2O3S/c1-2-11-3-5-12(6-4-11)14-17-15(21-18-14)13-7-16(8-13)9-22(19,20)10-16/h3-6,13H,2,7-10H2,1H3. The molecule has 0 atom stereocenters. The van der Waals surface area contributed by atoms with E-state index in [1.165, 1.54) is 5.56 Å². The van der Waals surface area contributed by atoms with Gasteiger partial charge in [0, 0.05) is 11.5 Å². The predicted octanol–water partition coefficient (Wildman–Crippen LogP) is 2.59. The van der Waals surface area contributed by atoms with Gasteiger partial charge in [-0.25, -0.2) is 8.42 Å². The van der Waals surface area contributed by atoms with Gasteiger partial charge >= 0.3 is 0 Å². The van der Waals surface area contributed by atoms with Gasteiger partial charge in [0.1, 0.15) is 0 Å². The Morgan fingerprint density at radius 3 is 2.50 bits per heavy atom. The highest BCUT2D eigenvalue weighted by Crippen LogP contribution is 2.56. The molecule has 6 heteroatoms. The van der Waals surface area contributed by atoms with Crippen molar-refractivity contribution in [3.05, 3.63) is 35.7 Å². The van der Waals surface area contributed by atoms with Gasteiger partial charge in [-0.1, -0.05) is 36.3 Å². The third-order valence-electron chi connectivity index (χ3n) is 4.82. The van der Waals surface area contributed by atoms with Crippen LogP contribution >= 0.6 is 0 Å². The third-order valence-corrected chi connectivity index (χ3v) is 6.93. The van der Waals surface area contributed by atoms with E-state index >= 15 is 0 Å². The smallest absolute Gasteiger partial charge is 0.230 e. The Hall–Kier alpha value is -1.69. The van der Waals surface area contributed by atoms with Gasteiger partial charge in [0.05, 0.1) is 11.5 Å². The lowest BCUT2D eigenvalue weighted by atomic mass is 9.63. The molecule has 1 aliphatic heterocycles. The van der Waals surface area contributed by atoms with E-state index in [0.29, 0.717) is 23.2 Å². The molecular formula is C16H18N2O3S. The van der Waals surface area contributed by atoms with Gasteiger partial charge in [0.15, 0.2) is 9.84 Å². The van der Waals surface area contributed by atoms with E-state index in [2.05, 4.69) is 29.2 Å². The van der Waals surface area contributed by atoms with Crippen LogP contribution in [0.15, 0.2) is 28.8 Å². The molecule has 2 heterocycles. The van der Waals surface area contributed by atoms with Crippen molar-refractivity contribution in [2.24, 2.45) is 5.41 Å². The number of nitrogens with zero attached hydrogens (tertiary/aromatic N) is 2. The van der Waals surface area contributed by atoms with Gasteiger partial charge in [0.25, 0.3) is 0 Å². The van der Waals surface area contributed by atoms with Gasteiger partial charge in [-0.15, -0.1) is 0 Å². The summed E-state index contributed by atoms with van der Waals surface area (Å²) in [4.78, 5) is 4.49. The molecule has 1 saturated carbocycles. The molecule has 0 N–H and O–H groups in total. The second-order valence-corrected chi connectivity index (χ2v) is 8.71. The van der Waals surface area contributed by atoms with Crippen molar-refractivity contribution in [3.8, 4) is 11.4 Å². The molecule has 1 spiro atoms. The summed E-state index contributed by atoms with van der Waals surface area (Å²) >= 11 is 0. The van der Waals surface area contributed by atoms with Gasteiger partial charge < -0.3 is 4.52 Å². The molecule has 1 aromatic heterocycles. The van der Waals surface area contributed by atoms with Crippen LogP contribution in [0.1, 0.15) is 37.1 Å². The Balaban J connectivity index is 1.46. The summed E-state index contributed by atoms with van der Waals surface area (Å²) in [6, 6.07) is 8.16. The zero-order chi connectivity index (χ0) is 15.4. The van der Waals surface area contributed by atoms with Gasteiger partial charge in [0.2, 0.25) is 11.7 Å². The Kier molecular flexibility index (Phi) is 2.95. The lowest BCUT2D eigenvalue weighted by Crippen LogP contribution is -2.55. The molecule has 22 heavy (non-hydrogen) atoms. The fraction of sp³-hybridized carbons (Fsp3) is 0.500. The topological polar surface area (TPSA) is 73.1 Å². The minimum absolute atomic E-state index is 0.000900. The van der Waals surface area contributed by atoms with Crippen LogP contribution in [0.25, 0.3) is 11.4 Å². The Bertz CT molecular complexity index is 788. The van der Waals surface area contributed by atoms with E-state index < -0.39 is 9.84 Å². The Labute approximate surface area is 129 Å². The molecule has 0 bridgehead atoms. The zero-order valence-corrected chi connectivity index (χ0v) is 13.3. The molecule has 1 aromatic carbocycles. The molecule has 2 fully saturated rings. The van der Waals surface area contributed by atoms with Crippen molar-refractivity contribution in [3.63, 3.8) is 0 Å². The predicted molar refractivity (Wildman–Crippen MR) is 82.2 cm³/mol. The summed E-state index contributed by atoms with van der Waals surface area (Å²) in [6.45, 7) is 2.12. The Morgan fingerprint density at radius 2 is 1.91 bits per heavy atom. The zero-order valence-electron chi connectivity index (χ0n) is 12.4. The number of hydrogen-bond donors (Lipinski definition) is 0. The number of sulfone groups is 1. The first-order chi connectivity index (χ1) is 10.5. The first-order valence-corrected chi connectivity index (χ1v) is 9.44. The number of benzene rings is 1. The van der Waals surface area contributed by atoms with Crippen molar-refractivity contribution < 1.29 is 12.9 Å². The van der Waals surface area contributed by atoms with Crippen LogP contribution in [-0.4, -0.2) is 30.1 Å². The molecule has 116 valence electrons. The highest BCUT2D eigenvalue weighted by atomic mass is 32.2. The van der Waals surface area contributed by atoms with E-state index in [4.69, 9.17) is 4.52 Å². The van der Waals surface area contributed by atoms with Crippen LogP contribution in [0.5, 0.6) is 0 Å². The number of aromatic nitrogens is 2. The second-order valence-electron chi connectivity index (χ2n) is 6.64. The molecule has 2 aromatic rings. The van der Waals surface area contributed by atoms with E-state index in [-0.39, 0.29) is 11.3 Å². The number of aryl methyl sites for hydroxylation is 1. The minimum Gasteiger partial charge on any atom is -0.339 e. The molecule has 5 nitrogen and oxygen atoms in total. The SMILES string of the molecule is CCc1ccc(-c2noc(C3CC4(C3)CS(=O)(=O)C4)n2)cc1. The lowest BCUT2D eigenvalue weighted by Gasteiger charge is -2.51. The maximum absolute atomic E-state index is 11.3. The molecule has 0 amide bonds. The summed E-state index contributed by atoms with van der Waals surface area (Å²) in [6.07, 6.45) is 2.70. The summed E-state index contributed by atoms with van der Waals surface area (Å²) in [7, 11) is -2.77. The van der Waals surface area contributed by atoms with Gasteiger partial charge in [-0.05, 0) is 30.2 Å². The molecule has 1 aliphatic carbocycles. The van der Waals surface area contributed by atoms with Crippen LogP contribution in [0.4, 0.5) is 0 Å². The van der Waals surface area contributed by atoms with Gasteiger partial charge in [-0.2, -0.15) is 4.98 Å². The fourth-order valence-electron chi connectivity index (χ4n) is 3.69. The van der Waals surface area contributed by atoms with Crippen molar-refractivity contribution in [1.82, 2.24) is 10.1 Å². The van der Waals surface area contributed by atoms with Crippen LogP contribution in [0.2, 0.25) is 0 Å². The molecule has 2 aliphatic rings. The monoisotopic (exact) mass is 318 g/mol. The largest absolute Gasteiger partial charge is 0.339 e. The van der Waals surface area contributed by atoms with Crippen LogP contribution in [0.3, 0.4) is 0 Å². The maximum atomic E-state index is 11.3. The minimum atomic E-state index is -2.77. The first kappa shape index (κ1) is 13.9. The summed E-state index contributed by atoms with van der Waals surface area (Å²) < 4.78 is 28.0. The number of hydrogen-bond acceptors (Lipinski definition) is 5. The average molecular weight is 318 g/mol. The van der Waals surface area contributed by atoms with Crippen molar-refractivity contribution >= 4 is 9.84 Å². The molecule has 0 unspecified atom stereocenters. The van der Waals surface area contributed by atoms with Crippen LogP contribution < -0.4 is 0 Å².